The van der Waals surface area contributed by atoms with Crippen molar-refractivity contribution in [2.75, 3.05) is 0 Å². The zero-order valence-corrected chi connectivity index (χ0v) is 15.5. The average Bonchev–Trinajstić information content (AvgIpc) is 3.32. The SMILES string of the molecule is CCCCc1noc(C(C)S(=O)(=O)Cc2noc(-c3cccs3)n2)n1. The Labute approximate surface area is 149 Å². The van der Waals surface area contributed by atoms with Crippen LogP contribution in [0.25, 0.3) is 10.8 Å². The number of hydrogen-bond donors (Lipinski definition) is 0. The Bertz CT molecular complexity index is 915. The van der Waals surface area contributed by atoms with Crippen LogP contribution in [-0.4, -0.2) is 28.7 Å². The maximum atomic E-state index is 12.6. The zero-order valence-electron chi connectivity index (χ0n) is 13.9. The molecule has 1 atom stereocenters. The minimum absolute atomic E-state index is 0.0908. The van der Waals surface area contributed by atoms with Gasteiger partial charge in [-0.15, -0.1) is 11.3 Å². The van der Waals surface area contributed by atoms with Gasteiger partial charge in [0.15, 0.2) is 21.5 Å². The van der Waals surface area contributed by atoms with Gasteiger partial charge < -0.3 is 9.05 Å². The average molecular weight is 382 g/mol. The summed E-state index contributed by atoms with van der Waals surface area (Å²) in [7, 11) is -3.61. The van der Waals surface area contributed by atoms with Crippen LogP contribution in [0.5, 0.6) is 0 Å². The minimum atomic E-state index is -3.61. The summed E-state index contributed by atoms with van der Waals surface area (Å²) in [6.07, 6.45) is 2.60. The molecule has 0 saturated heterocycles. The molecule has 8 nitrogen and oxygen atoms in total. The van der Waals surface area contributed by atoms with Gasteiger partial charge in [-0.1, -0.05) is 29.7 Å². The molecule has 0 radical (unpaired) electrons. The van der Waals surface area contributed by atoms with E-state index in [9.17, 15) is 8.42 Å². The standard InChI is InChI=1S/C15H18N4O4S2/c1-3-4-7-12-16-14(22-18-12)10(2)25(20,21)9-13-17-15(23-19-13)11-6-5-8-24-11/h5-6,8,10H,3-4,7,9H2,1-2H3. The predicted octanol–water partition coefficient (Wildman–Crippen LogP) is 3.20. The molecule has 0 aliphatic carbocycles. The Kier molecular flexibility index (Phi) is 5.28. The van der Waals surface area contributed by atoms with Gasteiger partial charge in [-0.05, 0) is 24.8 Å². The summed E-state index contributed by atoms with van der Waals surface area (Å²) in [5.41, 5.74) is 0. The van der Waals surface area contributed by atoms with E-state index >= 15 is 0 Å². The quantitative estimate of drug-likeness (QED) is 0.584. The number of rotatable bonds is 8. The summed E-state index contributed by atoms with van der Waals surface area (Å²) in [5, 5.41) is 8.54. The molecule has 0 N–H and O–H groups in total. The highest BCUT2D eigenvalue weighted by Crippen LogP contribution is 2.26. The van der Waals surface area contributed by atoms with Crippen molar-refractivity contribution in [2.45, 2.75) is 44.1 Å². The minimum Gasteiger partial charge on any atom is -0.338 e. The smallest absolute Gasteiger partial charge is 0.268 e. The molecule has 3 heterocycles. The second kappa shape index (κ2) is 7.44. The lowest BCUT2D eigenvalue weighted by Crippen LogP contribution is -2.14. The molecule has 0 bridgehead atoms. The zero-order chi connectivity index (χ0) is 17.9. The molecule has 1 unspecified atom stereocenters. The monoisotopic (exact) mass is 382 g/mol. The summed E-state index contributed by atoms with van der Waals surface area (Å²) in [5.74, 6) is 0.690. The third-order valence-corrected chi connectivity index (χ3v) is 6.45. The van der Waals surface area contributed by atoms with Gasteiger partial charge in [0.25, 0.3) is 5.89 Å². The molecule has 0 aliphatic heterocycles. The first-order valence-electron chi connectivity index (χ1n) is 7.90. The Morgan fingerprint density at radius 3 is 2.72 bits per heavy atom. The fourth-order valence-electron chi connectivity index (χ4n) is 2.14. The number of sulfone groups is 1. The first-order valence-corrected chi connectivity index (χ1v) is 10.5. The number of nitrogens with zero attached hydrogens (tertiary/aromatic N) is 4. The van der Waals surface area contributed by atoms with Crippen LogP contribution in [0.3, 0.4) is 0 Å². The van der Waals surface area contributed by atoms with Gasteiger partial charge in [0.05, 0.1) is 4.88 Å². The Hall–Kier alpha value is -2.07. The molecule has 0 amide bonds. The lowest BCUT2D eigenvalue weighted by Gasteiger charge is -2.06. The van der Waals surface area contributed by atoms with Gasteiger partial charge >= 0.3 is 0 Å². The molecule has 3 aromatic rings. The Morgan fingerprint density at radius 1 is 1.20 bits per heavy atom. The highest BCUT2D eigenvalue weighted by Gasteiger charge is 2.30. The summed E-state index contributed by atoms with van der Waals surface area (Å²) < 4.78 is 35.4. The fraction of sp³-hybridized carbons (Fsp3) is 0.467. The predicted molar refractivity (Wildman–Crippen MR) is 91.6 cm³/mol. The van der Waals surface area contributed by atoms with Crippen LogP contribution < -0.4 is 0 Å². The highest BCUT2D eigenvalue weighted by atomic mass is 32.2. The molecule has 134 valence electrons. The van der Waals surface area contributed by atoms with Crippen LogP contribution in [0, 0.1) is 0 Å². The van der Waals surface area contributed by atoms with Crippen molar-refractivity contribution in [3.8, 4) is 10.8 Å². The molecule has 10 heteroatoms. The van der Waals surface area contributed by atoms with Crippen molar-refractivity contribution in [1.82, 2.24) is 20.3 Å². The van der Waals surface area contributed by atoms with Crippen molar-refractivity contribution in [2.24, 2.45) is 0 Å². The second-order valence-corrected chi connectivity index (χ2v) is 8.86. The third kappa shape index (κ3) is 4.13. The molecule has 0 aromatic carbocycles. The van der Waals surface area contributed by atoms with Crippen molar-refractivity contribution >= 4 is 21.2 Å². The van der Waals surface area contributed by atoms with E-state index in [1.54, 1.807) is 0 Å². The van der Waals surface area contributed by atoms with Gasteiger partial charge in [0, 0.05) is 6.42 Å². The number of hydrogen-bond acceptors (Lipinski definition) is 9. The van der Waals surface area contributed by atoms with Gasteiger partial charge in [-0.2, -0.15) is 9.97 Å². The van der Waals surface area contributed by atoms with Gasteiger partial charge in [0.2, 0.25) is 5.89 Å². The maximum Gasteiger partial charge on any atom is 0.268 e. The maximum absolute atomic E-state index is 12.6. The number of thiophene rings is 1. The summed E-state index contributed by atoms with van der Waals surface area (Å²) in [6, 6.07) is 3.68. The molecule has 0 aliphatic rings. The van der Waals surface area contributed by atoms with E-state index in [2.05, 4.69) is 27.2 Å². The second-order valence-electron chi connectivity index (χ2n) is 5.59. The number of unbranched alkanes of at least 4 members (excludes halogenated alkanes) is 1. The van der Waals surface area contributed by atoms with Crippen molar-refractivity contribution in [1.29, 1.82) is 0 Å². The van der Waals surface area contributed by atoms with Crippen LogP contribution in [0.4, 0.5) is 0 Å². The van der Waals surface area contributed by atoms with E-state index in [0.29, 0.717) is 18.1 Å². The molecule has 0 spiro atoms. The molecule has 25 heavy (non-hydrogen) atoms. The number of aryl methyl sites for hydroxylation is 1. The van der Waals surface area contributed by atoms with E-state index in [0.717, 1.165) is 17.7 Å². The first kappa shape index (κ1) is 17.7. The lowest BCUT2D eigenvalue weighted by atomic mass is 10.2. The largest absolute Gasteiger partial charge is 0.338 e. The highest BCUT2D eigenvalue weighted by molar-refractivity contribution is 7.90. The van der Waals surface area contributed by atoms with E-state index in [1.807, 2.05) is 17.5 Å². The van der Waals surface area contributed by atoms with Crippen LogP contribution in [0.1, 0.15) is 49.5 Å². The first-order chi connectivity index (χ1) is 12.0. The molecule has 3 rings (SSSR count). The topological polar surface area (TPSA) is 112 Å². The van der Waals surface area contributed by atoms with E-state index < -0.39 is 15.1 Å². The van der Waals surface area contributed by atoms with Crippen molar-refractivity contribution in [3.05, 3.63) is 35.1 Å². The Morgan fingerprint density at radius 2 is 2.00 bits per heavy atom. The van der Waals surface area contributed by atoms with Crippen molar-refractivity contribution < 1.29 is 17.5 Å². The molecule has 3 aromatic heterocycles. The van der Waals surface area contributed by atoms with E-state index in [4.69, 9.17) is 9.05 Å². The molecular formula is C15H18N4O4S2. The summed E-state index contributed by atoms with van der Waals surface area (Å²) in [6.45, 7) is 3.58. The third-order valence-electron chi connectivity index (χ3n) is 3.65. The van der Waals surface area contributed by atoms with Crippen LogP contribution in [-0.2, 0) is 22.0 Å². The molecule has 0 saturated carbocycles. The normalized spacial score (nSPS) is 13.2. The Balaban J connectivity index is 1.71. The lowest BCUT2D eigenvalue weighted by molar-refractivity contribution is 0.370. The van der Waals surface area contributed by atoms with Crippen LogP contribution >= 0.6 is 11.3 Å². The van der Waals surface area contributed by atoms with Gasteiger partial charge in [-0.25, -0.2) is 8.42 Å². The van der Waals surface area contributed by atoms with E-state index in [-0.39, 0.29) is 17.5 Å². The molecular weight excluding hydrogens is 364 g/mol. The molecule has 0 fully saturated rings. The fourth-order valence-corrected chi connectivity index (χ4v) is 3.92. The van der Waals surface area contributed by atoms with Crippen LogP contribution in [0.15, 0.2) is 26.6 Å². The van der Waals surface area contributed by atoms with Gasteiger partial charge in [-0.3, -0.25) is 0 Å². The number of aromatic nitrogens is 4. The van der Waals surface area contributed by atoms with E-state index in [1.165, 1.54) is 18.3 Å². The summed E-state index contributed by atoms with van der Waals surface area (Å²) >= 11 is 1.44. The van der Waals surface area contributed by atoms with Gasteiger partial charge in [0.1, 0.15) is 11.0 Å². The van der Waals surface area contributed by atoms with Crippen LogP contribution in [0.2, 0.25) is 0 Å². The van der Waals surface area contributed by atoms with Crippen molar-refractivity contribution in [3.63, 3.8) is 0 Å². The summed E-state index contributed by atoms with van der Waals surface area (Å²) in [4.78, 5) is 9.12.